The maximum absolute atomic E-state index is 12.2. The summed E-state index contributed by atoms with van der Waals surface area (Å²) in [7, 11) is 1.39. The number of ether oxygens (including phenoxy) is 1. The van der Waals surface area contributed by atoms with Crippen molar-refractivity contribution in [2.45, 2.75) is 44.6 Å². The third-order valence-electron chi connectivity index (χ3n) is 4.04. The number of hydroxylamine groups is 1. The van der Waals surface area contributed by atoms with Gasteiger partial charge in [-0.25, -0.2) is 4.79 Å². The maximum atomic E-state index is 12.2. The van der Waals surface area contributed by atoms with E-state index >= 15 is 0 Å². The van der Waals surface area contributed by atoms with E-state index in [0.717, 1.165) is 24.8 Å². The normalized spacial score (nSPS) is 16.3. The molecule has 0 heterocycles. The molecule has 0 spiro atoms. The van der Waals surface area contributed by atoms with Crippen molar-refractivity contribution in [3.63, 3.8) is 0 Å². The van der Waals surface area contributed by atoms with Gasteiger partial charge in [-0.05, 0) is 43.6 Å². The van der Waals surface area contributed by atoms with Gasteiger partial charge in [-0.3, -0.25) is 0 Å². The minimum atomic E-state index is -0.774. The van der Waals surface area contributed by atoms with E-state index in [1.807, 2.05) is 13.0 Å². The molecule has 0 aliphatic heterocycles. The number of rotatable bonds is 4. The fourth-order valence-corrected chi connectivity index (χ4v) is 3.16. The second-order valence-electron chi connectivity index (χ2n) is 5.70. The molecule has 2 rings (SSSR count). The minimum absolute atomic E-state index is 0.247. The summed E-state index contributed by atoms with van der Waals surface area (Å²) in [5.41, 5.74) is 2.82. The van der Waals surface area contributed by atoms with Crippen molar-refractivity contribution in [2.75, 3.05) is 7.11 Å². The highest BCUT2D eigenvalue weighted by molar-refractivity contribution is 7.80. The van der Waals surface area contributed by atoms with Gasteiger partial charge >= 0.3 is 5.97 Å². The van der Waals surface area contributed by atoms with Crippen molar-refractivity contribution in [1.82, 2.24) is 10.8 Å². The molecule has 0 unspecified atom stereocenters. The summed E-state index contributed by atoms with van der Waals surface area (Å²) in [5, 5.41) is 3.90. The predicted octanol–water partition coefficient (Wildman–Crippen LogP) is 3.28. The number of esters is 1. The van der Waals surface area contributed by atoms with Gasteiger partial charge in [0, 0.05) is 11.1 Å². The number of hydrogen-bond donors (Lipinski definition) is 2. The van der Waals surface area contributed by atoms with Crippen LogP contribution >= 0.6 is 23.8 Å². The Balaban J connectivity index is 1.99. The van der Waals surface area contributed by atoms with Crippen LogP contribution in [0.1, 0.15) is 37.7 Å². The summed E-state index contributed by atoms with van der Waals surface area (Å²) in [6.45, 7) is 1.90. The SMILES string of the molecule is COC(=O)C1(NC(=S)NOc2cc(Cl)ccc2C)CCCCC1. The van der Waals surface area contributed by atoms with Crippen LogP contribution < -0.4 is 15.6 Å². The summed E-state index contributed by atoms with van der Waals surface area (Å²) in [5.74, 6) is 0.290. The van der Waals surface area contributed by atoms with Crippen molar-refractivity contribution in [3.8, 4) is 5.75 Å². The standard InChI is InChI=1S/C16H21ClN2O3S/c1-11-6-7-12(17)10-13(11)22-19-15(23)18-16(14(20)21-2)8-4-3-5-9-16/h6-7,10H,3-5,8-9H2,1-2H3,(H2,18,19,23). The van der Waals surface area contributed by atoms with Crippen molar-refractivity contribution < 1.29 is 14.4 Å². The average Bonchev–Trinajstić information content (AvgIpc) is 2.55. The molecule has 1 aliphatic rings. The van der Waals surface area contributed by atoms with Crippen LogP contribution in [0.2, 0.25) is 5.02 Å². The van der Waals surface area contributed by atoms with E-state index in [9.17, 15) is 4.79 Å². The van der Waals surface area contributed by atoms with Crippen LogP contribution in [0.5, 0.6) is 5.75 Å². The fourth-order valence-electron chi connectivity index (χ4n) is 2.76. The van der Waals surface area contributed by atoms with Gasteiger partial charge in [0.05, 0.1) is 7.11 Å². The molecular weight excluding hydrogens is 336 g/mol. The number of aryl methyl sites for hydroxylation is 1. The number of carbonyl (C=O) groups excluding carboxylic acids is 1. The molecule has 0 atom stereocenters. The van der Waals surface area contributed by atoms with Gasteiger partial charge in [0.2, 0.25) is 5.11 Å². The summed E-state index contributed by atoms with van der Waals surface area (Å²) in [6.07, 6.45) is 4.41. The Morgan fingerprint density at radius 2 is 2.00 bits per heavy atom. The Bertz CT molecular complexity index is 589. The molecule has 1 aromatic carbocycles. The van der Waals surface area contributed by atoms with Gasteiger partial charge in [0.15, 0.2) is 5.75 Å². The Labute approximate surface area is 146 Å². The van der Waals surface area contributed by atoms with Gasteiger partial charge in [-0.15, -0.1) is 0 Å². The number of thiocarbonyl (C=S) groups is 1. The number of nitrogens with one attached hydrogen (secondary N) is 2. The van der Waals surface area contributed by atoms with Crippen LogP contribution in [0.4, 0.5) is 0 Å². The first kappa shape index (κ1) is 17.8. The van der Waals surface area contributed by atoms with Crippen LogP contribution in [0.15, 0.2) is 18.2 Å². The zero-order valence-electron chi connectivity index (χ0n) is 13.3. The van der Waals surface area contributed by atoms with Gasteiger partial charge < -0.3 is 14.9 Å². The second-order valence-corrected chi connectivity index (χ2v) is 6.55. The monoisotopic (exact) mass is 356 g/mol. The lowest BCUT2D eigenvalue weighted by Gasteiger charge is -2.35. The van der Waals surface area contributed by atoms with E-state index in [1.54, 1.807) is 12.1 Å². The smallest absolute Gasteiger partial charge is 0.331 e. The summed E-state index contributed by atoms with van der Waals surface area (Å²) in [6, 6.07) is 5.34. The van der Waals surface area contributed by atoms with Crippen molar-refractivity contribution in [2.24, 2.45) is 0 Å². The molecule has 1 aliphatic carbocycles. The van der Waals surface area contributed by atoms with E-state index < -0.39 is 5.54 Å². The van der Waals surface area contributed by atoms with Crippen LogP contribution in [-0.4, -0.2) is 23.7 Å². The fraction of sp³-hybridized carbons (Fsp3) is 0.500. The summed E-state index contributed by atoms with van der Waals surface area (Å²) in [4.78, 5) is 17.7. The van der Waals surface area contributed by atoms with E-state index in [1.165, 1.54) is 7.11 Å². The van der Waals surface area contributed by atoms with Crippen LogP contribution in [0, 0.1) is 6.92 Å². The minimum Gasteiger partial charge on any atom is -0.467 e. The molecule has 0 saturated heterocycles. The summed E-state index contributed by atoms with van der Waals surface area (Å²) < 4.78 is 4.94. The zero-order chi connectivity index (χ0) is 16.9. The maximum Gasteiger partial charge on any atom is 0.331 e. The number of hydrogen-bond acceptors (Lipinski definition) is 4. The van der Waals surface area contributed by atoms with Gasteiger partial charge in [0.1, 0.15) is 5.54 Å². The first-order valence-electron chi connectivity index (χ1n) is 7.56. The average molecular weight is 357 g/mol. The lowest BCUT2D eigenvalue weighted by Crippen LogP contribution is -2.58. The van der Waals surface area contributed by atoms with Crippen molar-refractivity contribution >= 4 is 34.9 Å². The molecule has 2 N–H and O–H groups in total. The molecule has 1 aromatic rings. The van der Waals surface area contributed by atoms with E-state index in [2.05, 4.69) is 10.8 Å². The second kappa shape index (κ2) is 7.84. The molecule has 1 fully saturated rings. The van der Waals surface area contributed by atoms with Crippen LogP contribution in [0.25, 0.3) is 0 Å². The number of benzene rings is 1. The van der Waals surface area contributed by atoms with Gasteiger partial charge in [0.25, 0.3) is 0 Å². The lowest BCUT2D eigenvalue weighted by molar-refractivity contribution is -0.149. The summed E-state index contributed by atoms with van der Waals surface area (Å²) >= 11 is 11.2. The molecular formula is C16H21ClN2O3S. The van der Waals surface area contributed by atoms with Crippen molar-refractivity contribution in [3.05, 3.63) is 28.8 Å². The molecule has 7 heteroatoms. The number of carbonyl (C=O) groups is 1. The Hall–Kier alpha value is -1.53. The highest BCUT2D eigenvalue weighted by Crippen LogP contribution is 2.29. The van der Waals surface area contributed by atoms with Gasteiger partial charge in [-0.1, -0.05) is 36.9 Å². The third-order valence-corrected chi connectivity index (χ3v) is 4.46. The quantitative estimate of drug-likeness (QED) is 0.490. The molecule has 23 heavy (non-hydrogen) atoms. The lowest BCUT2D eigenvalue weighted by atomic mass is 9.82. The first-order valence-corrected chi connectivity index (χ1v) is 8.35. The molecule has 0 amide bonds. The molecule has 0 aromatic heterocycles. The highest BCUT2D eigenvalue weighted by Gasteiger charge is 2.41. The van der Waals surface area contributed by atoms with E-state index in [-0.39, 0.29) is 11.1 Å². The molecule has 126 valence electrons. The Kier molecular flexibility index (Phi) is 6.07. The van der Waals surface area contributed by atoms with Crippen LogP contribution in [0.3, 0.4) is 0 Å². The van der Waals surface area contributed by atoms with Gasteiger partial charge in [-0.2, -0.15) is 5.48 Å². The van der Waals surface area contributed by atoms with E-state index in [0.29, 0.717) is 23.6 Å². The molecule has 5 nitrogen and oxygen atoms in total. The first-order chi connectivity index (χ1) is 11.0. The van der Waals surface area contributed by atoms with Crippen molar-refractivity contribution in [1.29, 1.82) is 0 Å². The van der Waals surface area contributed by atoms with Crippen LogP contribution in [-0.2, 0) is 9.53 Å². The highest BCUT2D eigenvalue weighted by atomic mass is 35.5. The predicted molar refractivity (Wildman–Crippen MR) is 93.5 cm³/mol. The number of methoxy groups -OCH3 is 1. The molecule has 0 radical (unpaired) electrons. The molecule has 0 bridgehead atoms. The third kappa shape index (κ3) is 4.48. The molecule has 1 saturated carbocycles. The zero-order valence-corrected chi connectivity index (χ0v) is 14.9. The Morgan fingerprint density at radius 3 is 2.65 bits per heavy atom. The largest absolute Gasteiger partial charge is 0.467 e. The number of halogens is 1. The topological polar surface area (TPSA) is 59.6 Å². The Morgan fingerprint density at radius 1 is 1.30 bits per heavy atom. The van der Waals surface area contributed by atoms with E-state index in [4.69, 9.17) is 33.4 Å².